The summed E-state index contributed by atoms with van der Waals surface area (Å²) < 4.78 is 10.4. The smallest absolute Gasteiger partial charge is 0.213 e. The molecule has 1 aromatic carbocycles. The van der Waals surface area contributed by atoms with Gasteiger partial charge in [0.1, 0.15) is 5.75 Å². The Morgan fingerprint density at radius 3 is 2.38 bits per heavy atom. The van der Waals surface area contributed by atoms with E-state index >= 15 is 0 Å². The molecule has 2 heterocycles. The van der Waals surface area contributed by atoms with Crippen molar-refractivity contribution in [3.63, 3.8) is 0 Å². The summed E-state index contributed by atoms with van der Waals surface area (Å²) in [5.74, 6) is 2.43. The van der Waals surface area contributed by atoms with Gasteiger partial charge in [-0.1, -0.05) is 6.07 Å². The Morgan fingerprint density at radius 2 is 1.76 bits per heavy atom. The van der Waals surface area contributed by atoms with E-state index in [1.54, 1.807) is 14.2 Å². The maximum atomic E-state index is 5.25. The van der Waals surface area contributed by atoms with Crippen molar-refractivity contribution in [2.75, 3.05) is 51.8 Å². The van der Waals surface area contributed by atoms with E-state index in [0.717, 1.165) is 50.1 Å². The standard InChI is InChI=1S/C21H29N5O2.HI/c1-4-22-21(23-16-17-6-5-7-20(24-17)28-3)26-14-12-25(13-15-26)18-8-10-19(27-2)11-9-18;/h5-11H,4,12-16H2,1-3H3,(H,22,23);1H. The van der Waals surface area contributed by atoms with Crippen LogP contribution < -0.4 is 19.7 Å². The van der Waals surface area contributed by atoms with Crippen LogP contribution in [0.1, 0.15) is 12.6 Å². The normalized spacial score (nSPS) is 14.2. The van der Waals surface area contributed by atoms with Gasteiger partial charge in [0.15, 0.2) is 5.96 Å². The number of hydrogen-bond donors (Lipinski definition) is 1. The second kappa shape index (κ2) is 11.7. The summed E-state index contributed by atoms with van der Waals surface area (Å²) in [7, 11) is 3.32. The summed E-state index contributed by atoms with van der Waals surface area (Å²) in [6.45, 7) is 7.20. The van der Waals surface area contributed by atoms with Gasteiger partial charge in [-0.15, -0.1) is 24.0 Å². The van der Waals surface area contributed by atoms with E-state index in [9.17, 15) is 0 Å². The van der Waals surface area contributed by atoms with Crippen molar-refractivity contribution in [3.05, 3.63) is 48.2 Å². The summed E-state index contributed by atoms with van der Waals surface area (Å²) >= 11 is 0. The van der Waals surface area contributed by atoms with Crippen LogP contribution in [0, 0.1) is 0 Å². The van der Waals surface area contributed by atoms with Crippen LogP contribution >= 0.6 is 24.0 Å². The summed E-state index contributed by atoms with van der Waals surface area (Å²) in [5.41, 5.74) is 2.12. The largest absolute Gasteiger partial charge is 0.497 e. The fourth-order valence-electron chi connectivity index (χ4n) is 3.21. The number of nitrogens with one attached hydrogen (secondary N) is 1. The minimum atomic E-state index is 0. The fraction of sp³-hybridized carbons (Fsp3) is 0.429. The predicted octanol–water partition coefficient (Wildman–Crippen LogP) is 3.00. The molecule has 1 aliphatic heterocycles. The number of methoxy groups -OCH3 is 2. The molecule has 0 unspecified atom stereocenters. The van der Waals surface area contributed by atoms with Crippen molar-refractivity contribution < 1.29 is 9.47 Å². The molecule has 2 aromatic rings. The summed E-state index contributed by atoms with van der Waals surface area (Å²) in [4.78, 5) is 13.9. The van der Waals surface area contributed by atoms with Gasteiger partial charge in [0.25, 0.3) is 0 Å². The van der Waals surface area contributed by atoms with Crippen LogP contribution in [0.4, 0.5) is 5.69 Å². The molecule has 0 bridgehead atoms. The summed E-state index contributed by atoms with van der Waals surface area (Å²) in [5, 5.41) is 3.40. The molecular formula is C21H30IN5O2. The molecule has 0 radical (unpaired) electrons. The average Bonchev–Trinajstić information content (AvgIpc) is 2.77. The van der Waals surface area contributed by atoms with Crippen LogP contribution in [0.3, 0.4) is 0 Å². The van der Waals surface area contributed by atoms with Gasteiger partial charge in [-0.05, 0) is 37.3 Å². The number of aliphatic imine (C=N–C) groups is 1. The molecule has 1 N–H and O–H groups in total. The number of hydrogen-bond acceptors (Lipinski definition) is 5. The van der Waals surface area contributed by atoms with E-state index in [2.05, 4.69) is 39.2 Å². The minimum absolute atomic E-state index is 0. The Balaban J connectivity index is 0.00000300. The maximum absolute atomic E-state index is 5.25. The van der Waals surface area contributed by atoms with Gasteiger partial charge in [0.2, 0.25) is 5.88 Å². The highest BCUT2D eigenvalue weighted by Gasteiger charge is 2.20. The van der Waals surface area contributed by atoms with Gasteiger partial charge in [-0.2, -0.15) is 0 Å². The highest BCUT2D eigenvalue weighted by atomic mass is 127. The summed E-state index contributed by atoms with van der Waals surface area (Å²) in [6, 6.07) is 14.0. The molecule has 1 aliphatic rings. The number of guanidine groups is 1. The Labute approximate surface area is 190 Å². The average molecular weight is 511 g/mol. The first kappa shape index (κ1) is 23.1. The zero-order valence-corrected chi connectivity index (χ0v) is 19.6. The molecule has 1 aromatic heterocycles. The quantitative estimate of drug-likeness (QED) is 0.366. The van der Waals surface area contributed by atoms with E-state index in [-0.39, 0.29) is 24.0 Å². The van der Waals surface area contributed by atoms with Gasteiger partial charge in [0, 0.05) is 44.5 Å². The topological polar surface area (TPSA) is 62.2 Å². The van der Waals surface area contributed by atoms with Crippen LogP contribution in [-0.2, 0) is 6.54 Å². The Bertz CT molecular complexity index is 777. The van der Waals surface area contributed by atoms with Gasteiger partial charge in [-0.3, -0.25) is 0 Å². The third kappa shape index (κ3) is 6.38. The van der Waals surface area contributed by atoms with E-state index in [0.29, 0.717) is 12.4 Å². The van der Waals surface area contributed by atoms with Gasteiger partial charge in [0.05, 0.1) is 26.5 Å². The monoisotopic (exact) mass is 511 g/mol. The maximum Gasteiger partial charge on any atom is 0.213 e. The molecule has 0 saturated carbocycles. The highest BCUT2D eigenvalue weighted by Crippen LogP contribution is 2.20. The highest BCUT2D eigenvalue weighted by molar-refractivity contribution is 14.0. The van der Waals surface area contributed by atoms with Crippen molar-refractivity contribution in [1.29, 1.82) is 0 Å². The fourth-order valence-corrected chi connectivity index (χ4v) is 3.21. The zero-order valence-electron chi connectivity index (χ0n) is 17.3. The number of ether oxygens (including phenoxy) is 2. The molecule has 158 valence electrons. The first-order chi connectivity index (χ1) is 13.7. The number of benzene rings is 1. The lowest BCUT2D eigenvalue weighted by Gasteiger charge is -2.37. The van der Waals surface area contributed by atoms with Crippen molar-refractivity contribution in [2.24, 2.45) is 4.99 Å². The molecule has 0 aliphatic carbocycles. The SMILES string of the molecule is CCNC(=NCc1cccc(OC)n1)N1CCN(c2ccc(OC)cc2)CC1.I. The molecule has 7 nitrogen and oxygen atoms in total. The van der Waals surface area contributed by atoms with Crippen molar-refractivity contribution in [1.82, 2.24) is 15.2 Å². The first-order valence-corrected chi connectivity index (χ1v) is 9.65. The third-order valence-corrected chi connectivity index (χ3v) is 4.73. The zero-order chi connectivity index (χ0) is 19.8. The van der Waals surface area contributed by atoms with Crippen LogP contribution in [0.15, 0.2) is 47.5 Å². The molecule has 3 rings (SSSR count). The molecule has 29 heavy (non-hydrogen) atoms. The molecule has 1 saturated heterocycles. The van der Waals surface area contributed by atoms with E-state index in [4.69, 9.17) is 14.5 Å². The number of piperazine rings is 1. The van der Waals surface area contributed by atoms with Crippen LogP contribution in [-0.4, -0.2) is 62.8 Å². The van der Waals surface area contributed by atoms with Crippen LogP contribution in [0.25, 0.3) is 0 Å². The minimum Gasteiger partial charge on any atom is -0.497 e. The molecule has 1 fully saturated rings. The van der Waals surface area contributed by atoms with Gasteiger partial charge in [-0.25, -0.2) is 9.98 Å². The van der Waals surface area contributed by atoms with Crippen molar-refractivity contribution in [3.8, 4) is 11.6 Å². The number of halogens is 1. The second-order valence-electron chi connectivity index (χ2n) is 6.51. The van der Waals surface area contributed by atoms with E-state index < -0.39 is 0 Å². The lowest BCUT2D eigenvalue weighted by molar-refractivity contribution is 0.372. The lowest BCUT2D eigenvalue weighted by atomic mass is 10.2. The van der Waals surface area contributed by atoms with Crippen molar-refractivity contribution in [2.45, 2.75) is 13.5 Å². The second-order valence-corrected chi connectivity index (χ2v) is 6.51. The number of nitrogens with zero attached hydrogens (tertiary/aromatic N) is 4. The van der Waals surface area contributed by atoms with Crippen LogP contribution in [0.2, 0.25) is 0 Å². The Hall–Kier alpha value is -2.23. The summed E-state index contributed by atoms with van der Waals surface area (Å²) in [6.07, 6.45) is 0. The third-order valence-electron chi connectivity index (χ3n) is 4.73. The number of rotatable bonds is 6. The first-order valence-electron chi connectivity index (χ1n) is 9.65. The van der Waals surface area contributed by atoms with E-state index in [1.807, 2.05) is 30.3 Å². The number of anilines is 1. The van der Waals surface area contributed by atoms with Crippen molar-refractivity contribution >= 4 is 35.6 Å². The molecule has 0 atom stereocenters. The molecule has 0 amide bonds. The Kier molecular flexibility index (Phi) is 9.30. The van der Waals surface area contributed by atoms with Gasteiger partial charge < -0.3 is 24.6 Å². The molecule has 0 spiro atoms. The Morgan fingerprint density at radius 1 is 1.03 bits per heavy atom. The van der Waals surface area contributed by atoms with Gasteiger partial charge >= 0.3 is 0 Å². The van der Waals surface area contributed by atoms with E-state index in [1.165, 1.54) is 5.69 Å². The number of aromatic nitrogens is 1. The predicted molar refractivity (Wildman–Crippen MR) is 128 cm³/mol. The number of pyridine rings is 1. The molecule has 8 heteroatoms. The van der Waals surface area contributed by atoms with Crippen LogP contribution in [0.5, 0.6) is 11.6 Å². The molecular weight excluding hydrogens is 481 g/mol. The lowest BCUT2D eigenvalue weighted by Crippen LogP contribution is -2.52.